The summed E-state index contributed by atoms with van der Waals surface area (Å²) in [4.78, 5) is 11.6. The lowest BCUT2D eigenvalue weighted by atomic mass is 9.84. The number of likely N-dealkylation sites (N-methyl/N-ethyl adjacent to an activating group) is 1. The van der Waals surface area contributed by atoms with Gasteiger partial charge in [0.2, 0.25) is 5.91 Å². The van der Waals surface area contributed by atoms with Crippen molar-refractivity contribution in [3.8, 4) is 0 Å². The number of amides is 1. The lowest BCUT2D eigenvalue weighted by molar-refractivity contribution is -0.125. The summed E-state index contributed by atoms with van der Waals surface area (Å²) in [5.41, 5.74) is 0.445. The normalized spacial score (nSPS) is 11.1. The Hall–Kier alpha value is -1.02. The monoisotopic (exact) mass is 211 g/mol. The highest BCUT2D eigenvalue weighted by molar-refractivity contribution is 6.30. The summed E-state index contributed by atoms with van der Waals surface area (Å²) in [6.45, 7) is 3.77. The summed E-state index contributed by atoms with van der Waals surface area (Å²) >= 11 is 5.77. The molecular formula is C11H14ClNO. The molecule has 1 aromatic rings. The van der Waals surface area contributed by atoms with Gasteiger partial charge in [0.1, 0.15) is 0 Å². The van der Waals surface area contributed by atoms with Gasteiger partial charge >= 0.3 is 0 Å². The third-order valence-electron chi connectivity index (χ3n) is 2.36. The van der Waals surface area contributed by atoms with Crippen molar-refractivity contribution in [2.75, 3.05) is 7.05 Å². The fraction of sp³-hybridized carbons (Fsp3) is 0.364. The molecule has 1 amide bonds. The molecule has 0 aromatic heterocycles. The first-order chi connectivity index (χ1) is 6.48. The largest absolute Gasteiger partial charge is 0.358 e. The van der Waals surface area contributed by atoms with Crippen LogP contribution in [-0.2, 0) is 10.2 Å². The van der Waals surface area contributed by atoms with Gasteiger partial charge in [-0.1, -0.05) is 23.7 Å². The van der Waals surface area contributed by atoms with Crippen molar-refractivity contribution in [1.29, 1.82) is 0 Å². The average Bonchev–Trinajstić information content (AvgIpc) is 2.17. The first kappa shape index (κ1) is 11.1. The van der Waals surface area contributed by atoms with Crippen LogP contribution in [0.3, 0.4) is 0 Å². The van der Waals surface area contributed by atoms with Crippen LogP contribution in [0.25, 0.3) is 0 Å². The second-order valence-corrected chi connectivity index (χ2v) is 4.15. The number of halogens is 1. The van der Waals surface area contributed by atoms with E-state index >= 15 is 0 Å². The van der Waals surface area contributed by atoms with E-state index in [1.165, 1.54) is 0 Å². The molecule has 0 spiro atoms. The van der Waals surface area contributed by atoms with Crippen LogP contribution in [-0.4, -0.2) is 13.0 Å². The van der Waals surface area contributed by atoms with Crippen LogP contribution in [0.5, 0.6) is 0 Å². The van der Waals surface area contributed by atoms with Crippen molar-refractivity contribution in [3.63, 3.8) is 0 Å². The number of rotatable bonds is 2. The molecule has 0 unspecified atom stereocenters. The van der Waals surface area contributed by atoms with Crippen LogP contribution in [0.4, 0.5) is 0 Å². The molecular weight excluding hydrogens is 198 g/mol. The Labute approximate surface area is 89.3 Å². The maximum absolute atomic E-state index is 11.6. The zero-order valence-electron chi connectivity index (χ0n) is 8.60. The molecule has 0 atom stereocenters. The molecule has 0 saturated heterocycles. The number of benzene rings is 1. The minimum absolute atomic E-state index is 0.000164. The predicted molar refractivity (Wildman–Crippen MR) is 58.5 cm³/mol. The highest BCUT2D eigenvalue weighted by Crippen LogP contribution is 2.24. The van der Waals surface area contributed by atoms with Crippen LogP contribution in [0.1, 0.15) is 19.4 Å². The summed E-state index contributed by atoms with van der Waals surface area (Å²) in [7, 11) is 1.64. The maximum Gasteiger partial charge on any atom is 0.229 e. The molecule has 2 nitrogen and oxygen atoms in total. The van der Waals surface area contributed by atoms with Gasteiger partial charge in [0.15, 0.2) is 0 Å². The average molecular weight is 212 g/mol. The Morgan fingerprint density at radius 1 is 1.29 bits per heavy atom. The quantitative estimate of drug-likeness (QED) is 0.800. The van der Waals surface area contributed by atoms with Gasteiger partial charge in [-0.05, 0) is 31.5 Å². The first-order valence-corrected chi connectivity index (χ1v) is 4.84. The third-order valence-corrected chi connectivity index (χ3v) is 2.61. The van der Waals surface area contributed by atoms with Crippen molar-refractivity contribution in [2.24, 2.45) is 0 Å². The Kier molecular flexibility index (Phi) is 3.17. The number of carbonyl (C=O) groups excluding carboxylic acids is 1. The lowest BCUT2D eigenvalue weighted by Crippen LogP contribution is -2.37. The minimum atomic E-state index is -0.515. The van der Waals surface area contributed by atoms with Gasteiger partial charge in [0.25, 0.3) is 0 Å². The molecule has 76 valence electrons. The Bertz CT molecular complexity index is 330. The number of hydrogen-bond acceptors (Lipinski definition) is 1. The topological polar surface area (TPSA) is 29.1 Å². The molecule has 0 aliphatic heterocycles. The van der Waals surface area contributed by atoms with Gasteiger partial charge < -0.3 is 5.32 Å². The molecule has 0 aliphatic carbocycles. The predicted octanol–water partition coefficient (Wildman–Crippen LogP) is 2.36. The highest BCUT2D eigenvalue weighted by Gasteiger charge is 2.28. The van der Waals surface area contributed by atoms with E-state index in [1.807, 2.05) is 26.0 Å². The molecule has 0 heterocycles. The van der Waals surface area contributed by atoms with Gasteiger partial charge in [-0.2, -0.15) is 0 Å². The molecule has 3 heteroatoms. The summed E-state index contributed by atoms with van der Waals surface area (Å²) in [5.74, 6) is -0.000164. The summed E-state index contributed by atoms with van der Waals surface area (Å²) in [5, 5.41) is 3.33. The van der Waals surface area contributed by atoms with Gasteiger partial charge in [-0.15, -0.1) is 0 Å². The number of nitrogens with one attached hydrogen (secondary N) is 1. The van der Waals surface area contributed by atoms with E-state index in [4.69, 9.17) is 11.6 Å². The highest BCUT2D eigenvalue weighted by atomic mass is 35.5. The van der Waals surface area contributed by atoms with E-state index in [1.54, 1.807) is 19.2 Å². The number of carbonyl (C=O) groups is 1. The summed E-state index contributed by atoms with van der Waals surface area (Å²) in [6.07, 6.45) is 0. The van der Waals surface area contributed by atoms with E-state index in [9.17, 15) is 4.79 Å². The van der Waals surface area contributed by atoms with Crippen molar-refractivity contribution >= 4 is 17.5 Å². The van der Waals surface area contributed by atoms with Crippen LogP contribution in [0.2, 0.25) is 5.02 Å². The van der Waals surface area contributed by atoms with Crippen LogP contribution >= 0.6 is 11.6 Å². The van der Waals surface area contributed by atoms with Gasteiger partial charge in [0.05, 0.1) is 5.41 Å². The molecule has 1 rings (SSSR count). The van der Waals surface area contributed by atoms with Gasteiger partial charge in [-0.25, -0.2) is 0 Å². The van der Waals surface area contributed by atoms with Crippen molar-refractivity contribution in [2.45, 2.75) is 19.3 Å². The fourth-order valence-electron chi connectivity index (χ4n) is 1.31. The Morgan fingerprint density at radius 3 is 2.21 bits per heavy atom. The second-order valence-electron chi connectivity index (χ2n) is 3.71. The molecule has 0 saturated carbocycles. The van der Waals surface area contributed by atoms with Crippen LogP contribution in [0, 0.1) is 0 Å². The summed E-state index contributed by atoms with van der Waals surface area (Å²) in [6, 6.07) is 7.33. The molecule has 0 fully saturated rings. The van der Waals surface area contributed by atoms with Crippen LogP contribution in [0.15, 0.2) is 24.3 Å². The van der Waals surface area contributed by atoms with E-state index in [0.29, 0.717) is 5.02 Å². The third kappa shape index (κ3) is 2.07. The van der Waals surface area contributed by atoms with Crippen molar-refractivity contribution in [3.05, 3.63) is 34.9 Å². The van der Waals surface area contributed by atoms with Crippen molar-refractivity contribution in [1.82, 2.24) is 5.32 Å². The number of hydrogen-bond donors (Lipinski definition) is 1. The standard InChI is InChI=1S/C11H14ClNO/c1-11(2,10(14)13-3)8-4-6-9(12)7-5-8/h4-7H,1-3H3,(H,13,14). The van der Waals surface area contributed by atoms with E-state index in [-0.39, 0.29) is 5.91 Å². The Balaban J connectivity index is 3.03. The van der Waals surface area contributed by atoms with E-state index in [2.05, 4.69) is 5.32 Å². The zero-order valence-corrected chi connectivity index (χ0v) is 9.35. The fourth-order valence-corrected chi connectivity index (χ4v) is 1.44. The minimum Gasteiger partial charge on any atom is -0.358 e. The summed E-state index contributed by atoms with van der Waals surface area (Å²) < 4.78 is 0. The lowest BCUT2D eigenvalue weighted by Gasteiger charge is -2.22. The smallest absolute Gasteiger partial charge is 0.229 e. The van der Waals surface area contributed by atoms with E-state index < -0.39 is 5.41 Å². The van der Waals surface area contributed by atoms with E-state index in [0.717, 1.165) is 5.56 Å². The molecule has 0 bridgehead atoms. The molecule has 14 heavy (non-hydrogen) atoms. The molecule has 0 aliphatic rings. The maximum atomic E-state index is 11.6. The second kappa shape index (κ2) is 4.01. The van der Waals surface area contributed by atoms with Crippen molar-refractivity contribution < 1.29 is 4.79 Å². The SMILES string of the molecule is CNC(=O)C(C)(C)c1ccc(Cl)cc1. The first-order valence-electron chi connectivity index (χ1n) is 4.46. The molecule has 1 N–H and O–H groups in total. The zero-order chi connectivity index (χ0) is 10.8. The van der Waals surface area contributed by atoms with Gasteiger partial charge in [-0.3, -0.25) is 4.79 Å². The Morgan fingerprint density at radius 2 is 1.79 bits per heavy atom. The molecule has 1 aromatic carbocycles. The molecule has 0 radical (unpaired) electrons. The van der Waals surface area contributed by atoms with Gasteiger partial charge in [0, 0.05) is 12.1 Å². The van der Waals surface area contributed by atoms with Crippen LogP contribution < -0.4 is 5.32 Å².